The Morgan fingerprint density at radius 2 is 1.59 bits per heavy atom. The highest BCUT2D eigenvalue weighted by Crippen LogP contribution is 2.30. The molecule has 1 heterocycles. The van der Waals surface area contributed by atoms with Crippen molar-refractivity contribution in [1.29, 1.82) is 0 Å². The predicted octanol–water partition coefficient (Wildman–Crippen LogP) is 4.99. The number of rotatable bonds is 5. The van der Waals surface area contributed by atoms with E-state index in [9.17, 15) is 13.2 Å². The van der Waals surface area contributed by atoms with Crippen LogP contribution in [-0.4, -0.2) is 14.3 Å². The fraction of sp³-hybridized carbons (Fsp3) is 0.227. The minimum absolute atomic E-state index is 0.127. The fourth-order valence-corrected chi connectivity index (χ4v) is 5.56. The summed E-state index contributed by atoms with van der Waals surface area (Å²) in [5.41, 5.74) is 3.36. The van der Waals surface area contributed by atoms with E-state index in [1.807, 2.05) is 13.0 Å². The molecule has 2 aromatic carbocycles. The van der Waals surface area contributed by atoms with Crippen molar-refractivity contribution in [2.75, 3.05) is 10.0 Å². The van der Waals surface area contributed by atoms with Crippen molar-refractivity contribution in [3.8, 4) is 0 Å². The second-order valence-electron chi connectivity index (χ2n) is 7.22. The molecule has 1 aliphatic carbocycles. The second-order valence-corrected chi connectivity index (χ2v) is 10.0. The Balaban J connectivity index is 1.43. The van der Waals surface area contributed by atoms with Crippen LogP contribution in [0.4, 0.5) is 11.4 Å². The van der Waals surface area contributed by atoms with Gasteiger partial charge in [0.15, 0.2) is 0 Å². The quantitative estimate of drug-likeness (QED) is 0.604. The van der Waals surface area contributed by atoms with E-state index in [4.69, 9.17) is 0 Å². The number of sulfonamides is 1. The molecule has 1 aromatic heterocycles. The largest absolute Gasteiger partial charge is 0.321 e. The molecule has 0 atom stereocenters. The Morgan fingerprint density at radius 1 is 0.931 bits per heavy atom. The SMILES string of the molecule is Cc1ccc(S(=O)(=O)Nc2ccc(NC(=O)c3cc4c(s3)CCCC4)cc2)cc1. The van der Waals surface area contributed by atoms with Gasteiger partial charge in [0.2, 0.25) is 0 Å². The molecule has 0 saturated carbocycles. The molecule has 5 nitrogen and oxygen atoms in total. The van der Waals surface area contributed by atoms with E-state index in [2.05, 4.69) is 10.0 Å². The summed E-state index contributed by atoms with van der Waals surface area (Å²) >= 11 is 1.57. The van der Waals surface area contributed by atoms with Gasteiger partial charge in [-0.1, -0.05) is 17.7 Å². The van der Waals surface area contributed by atoms with E-state index in [0.29, 0.717) is 11.4 Å². The molecular weight excluding hydrogens is 404 g/mol. The number of amides is 1. The number of nitrogens with one attached hydrogen (secondary N) is 2. The van der Waals surface area contributed by atoms with Gasteiger partial charge < -0.3 is 5.32 Å². The van der Waals surface area contributed by atoms with Gasteiger partial charge in [-0.3, -0.25) is 9.52 Å². The van der Waals surface area contributed by atoms with Crippen molar-refractivity contribution in [2.45, 2.75) is 37.5 Å². The first-order valence-corrected chi connectivity index (χ1v) is 11.8. The molecule has 0 unspecified atom stereocenters. The molecule has 0 radical (unpaired) electrons. The van der Waals surface area contributed by atoms with Crippen molar-refractivity contribution >= 4 is 38.6 Å². The third kappa shape index (κ3) is 4.52. The number of benzene rings is 2. The molecular formula is C22H22N2O3S2. The maximum Gasteiger partial charge on any atom is 0.265 e. The Morgan fingerprint density at radius 3 is 2.28 bits per heavy atom. The molecule has 1 amide bonds. The number of fused-ring (bicyclic) bond motifs is 1. The third-order valence-electron chi connectivity index (χ3n) is 4.95. The predicted molar refractivity (Wildman–Crippen MR) is 117 cm³/mol. The van der Waals surface area contributed by atoms with Crippen LogP contribution in [0.1, 0.15) is 38.5 Å². The Hall–Kier alpha value is -2.64. The van der Waals surface area contributed by atoms with Crippen LogP contribution in [0, 0.1) is 6.92 Å². The second kappa shape index (κ2) is 8.00. The molecule has 4 rings (SSSR count). The van der Waals surface area contributed by atoms with Crippen LogP contribution in [0.3, 0.4) is 0 Å². The van der Waals surface area contributed by atoms with Gasteiger partial charge >= 0.3 is 0 Å². The number of hydrogen-bond acceptors (Lipinski definition) is 4. The Labute approximate surface area is 174 Å². The summed E-state index contributed by atoms with van der Waals surface area (Å²) in [6, 6.07) is 15.3. The van der Waals surface area contributed by atoms with Gasteiger partial charge in [0.1, 0.15) is 0 Å². The summed E-state index contributed by atoms with van der Waals surface area (Å²) in [7, 11) is -3.65. The molecule has 2 N–H and O–H groups in total. The maximum atomic E-state index is 12.5. The maximum absolute atomic E-state index is 12.5. The molecule has 0 bridgehead atoms. The van der Waals surface area contributed by atoms with E-state index in [1.54, 1.807) is 59.9 Å². The average Bonchev–Trinajstić information content (AvgIpc) is 3.14. The smallest absolute Gasteiger partial charge is 0.265 e. The van der Waals surface area contributed by atoms with Gasteiger partial charge in [-0.05, 0) is 80.6 Å². The van der Waals surface area contributed by atoms with Crippen LogP contribution in [0.5, 0.6) is 0 Å². The summed E-state index contributed by atoms with van der Waals surface area (Å²) in [5.74, 6) is -0.127. The van der Waals surface area contributed by atoms with E-state index < -0.39 is 10.0 Å². The lowest BCUT2D eigenvalue weighted by Crippen LogP contribution is -2.13. The summed E-state index contributed by atoms with van der Waals surface area (Å²) in [4.78, 5) is 14.8. The minimum atomic E-state index is -3.65. The van der Waals surface area contributed by atoms with Crippen LogP contribution in [0.25, 0.3) is 0 Å². The van der Waals surface area contributed by atoms with Gasteiger partial charge in [0, 0.05) is 16.3 Å². The first kappa shape index (κ1) is 19.7. The van der Waals surface area contributed by atoms with Crippen molar-refractivity contribution in [3.05, 3.63) is 75.5 Å². The highest BCUT2D eigenvalue weighted by atomic mass is 32.2. The standard InChI is InChI=1S/C22H22N2O3S2/c1-15-6-12-19(13-7-15)29(26,27)24-18-10-8-17(9-11-18)23-22(25)21-14-16-4-2-3-5-20(16)28-21/h6-14,24H,2-5H2,1H3,(H,23,25). The number of thiophene rings is 1. The molecule has 0 saturated heterocycles. The number of anilines is 2. The van der Waals surface area contributed by atoms with E-state index in [1.165, 1.54) is 23.3 Å². The lowest BCUT2D eigenvalue weighted by molar-refractivity contribution is 0.103. The van der Waals surface area contributed by atoms with Gasteiger partial charge in [-0.25, -0.2) is 8.42 Å². The van der Waals surface area contributed by atoms with Crippen molar-refractivity contribution in [3.63, 3.8) is 0 Å². The fourth-order valence-electron chi connectivity index (χ4n) is 3.35. The lowest BCUT2D eigenvalue weighted by Gasteiger charge is -2.09. The van der Waals surface area contributed by atoms with E-state index >= 15 is 0 Å². The highest BCUT2D eigenvalue weighted by Gasteiger charge is 2.18. The summed E-state index contributed by atoms with van der Waals surface area (Å²) in [6.45, 7) is 1.91. The molecule has 0 aliphatic heterocycles. The lowest BCUT2D eigenvalue weighted by atomic mass is 9.99. The van der Waals surface area contributed by atoms with Crippen LogP contribution in [-0.2, 0) is 22.9 Å². The average molecular weight is 427 g/mol. The van der Waals surface area contributed by atoms with E-state index in [0.717, 1.165) is 23.3 Å². The summed E-state index contributed by atoms with van der Waals surface area (Å²) in [6.07, 6.45) is 4.48. The van der Waals surface area contributed by atoms with Crippen LogP contribution < -0.4 is 10.0 Å². The summed E-state index contributed by atoms with van der Waals surface area (Å²) < 4.78 is 27.5. The number of carbonyl (C=O) groups excluding carboxylic acids is 1. The minimum Gasteiger partial charge on any atom is -0.321 e. The zero-order valence-corrected chi connectivity index (χ0v) is 17.7. The normalized spacial score (nSPS) is 13.6. The Bertz CT molecular complexity index is 1110. The molecule has 1 aliphatic rings. The first-order chi connectivity index (χ1) is 13.9. The van der Waals surface area contributed by atoms with Crippen LogP contribution in [0.2, 0.25) is 0 Å². The molecule has 3 aromatic rings. The molecule has 7 heteroatoms. The third-order valence-corrected chi connectivity index (χ3v) is 7.58. The van der Waals surface area contributed by atoms with Gasteiger partial charge in [0.05, 0.1) is 9.77 Å². The van der Waals surface area contributed by atoms with Crippen molar-refractivity contribution in [2.24, 2.45) is 0 Å². The number of carbonyl (C=O) groups is 1. The monoisotopic (exact) mass is 426 g/mol. The summed E-state index contributed by atoms with van der Waals surface area (Å²) in [5, 5.41) is 2.89. The highest BCUT2D eigenvalue weighted by molar-refractivity contribution is 7.92. The first-order valence-electron chi connectivity index (χ1n) is 9.53. The number of hydrogen-bond donors (Lipinski definition) is 2. The zero-order valence-electron chi connectivity index (χ0n) is 16.1. The van der Waals surface area contributed by atoms with Gasteiger partial charge in [0.25, 0.3) is 15.9 Å². The van der Waals surface area contributed by atoms with Gasteiger partial charge in [-0.2, -0.15) is 0 Å². The molecule has 29 heavy (non-hydrogen) atoms. The van der Waals surface area contributed by atoms with Crippen LogP contribution in [0.15, 0.2) is 59.5 Å². The molecule has 0 fully saturated rings. The molecule has 0 spiro atoms. The zero-order chi connectivity index (χ0) is 20.4. The molecule has 150 valence electrons. The number of aryl methyl sites for hydroxylation is 3. The topological polar surface area (TPSA) is 75.3 Å². The van der Waals surface area contributed by atoms with Gasteiger partial charge in [-0.15, -0.1) is 11.3 Å². The Kier molecular flexibility index (Phi) is 5.43. The van der Waals surface area contributed by atoms with Crippen molar-refractivity contribution < 1.29 is 13.2 Å². The van der Waals surface area contributed by atoms with Crippen LogP contribution >= 0.6 is 11.3 Å². The van der Waals surface area contributed by atoms with Crippen molar-refractivity contribution in [1.82, 2.24) is 0 Å². The van der Waals surface area contributed by atoms with E-state index in [-0.39, 0.29) is 10.8 Å².